The van der Waals surface area contributed by atoms with Crippen molar-refractivity contribution in [1.29, 1.82) is 5.26 Å². The summed E-state index contributed by atoms with van der Waals surface area (Å²) in [6.45, 7) is 0. The van der Waals surface area contributed by atoms with E-state index in [1.807, 2.05) is 0 Å². The van der Waals surface area contributed by atoms with Gasteiger partial charge in [0.25, 0.3) is 0 Å². The predicted molar refractivity (Wildman–Crippen MR) is 61.5 cm³/mol. The highest BCUT2D eigenvalue weighted by Crippen LogP contribution is 2.20. The molecular formula is C10H8FN5S. The number of hydrogen-bond donors (Lipinski definition) is 2. The monoisotopic (exact) mass is 249 g/mol. The van der Waals surface area contributed by atoms with Crippen LogP contribution in [0.4, 0.5) is 10.3 Å². The molecule has 1 aromatic heterocycles. The normalized spacial score (nSPS) is 10.1. The van der Waals surface area contributed by atoms with Crippen molar-refractivity contribution < 1.29 is 4.39 Å². The number of nitrogens with two attached hydrogens (primary N) is 1. The molecule has 0 amide bonds. The zero-order valence-corrected chi connectivity index (χ0v) is 9.46. The third-order valence-corrected chi connectivity index (χ3v) is 2.92. The van der Waals surface area contributed by atoms with Gasteiger partial charge in [0.2, 0.25) is 11.1 Å². The number of thioether (sulfide) groups is 1. The zero-order chi connectivity index (χ0) is 12.3. The molecule has 0 bridgehead atoms. The van der Waals surface area contributed by atoms with Crippen LogP contribution >= 0.6 is 11.8 Å². The highest BCUT2D eigenvalue weighted by Gasteiger charge is 2.05. The number of halogens is 1. The van der Waals surface area contributed by atoms with E-state index in [4.69, 9.17) is 11.0 Å². The first-order chi connectivity index (χ1) is 8.19. The number of benzene rings is 1. The van der Waals surface area contributed by atoms with Crippen molar-refractivity contribution in [2.24, 2.45) is 0 Å². The van der Waals surface area contributed by atoms with Crippen LogP contribution in [0.15, 0.2) is 23.4 Å². The number of rotatable bonds is 3. The molecule has 0 saturated carbocycles. The summed E-state index contributed by atoms with van der Waals surface area (Å²) in [5.41, 5.74) is 6.25. The highest BCUT2D eigenvalue weighted by molar-refractivity contribution is 7.98. The van der Waals surface area contributed by atoms with Gasteiger partial charge in [-0.3, -0.25) is 0 Å². The van der Waals surface area contributed by atoms with Gasteiger partial charge in [-0.15, -0.1) is 5.10 Å². The van der Waals surface area contributed by atoms with Gasteiger partial charge in [0, 0.05) is 5.75 Å². The molecule has 3 N–H and O–H groups in total. The Morgan fingerprint density at radius 1 is 1.53 bits per heavy atom. The van der Waals surface area contributed by atoms with Gasteiger partial charge in [0.15, 0.2) is 0 Å². The molecule has 2 aromatic rings. The summed E-state index contributed by atoms with van der Waals surface area (Å²) in [5.74, 6) is 0.291. The lowest BCUT2D eigenvalue weighted by Crippen LogP contribution is -1.88. The SMILES string of the molecule is N#Cc1cc(CSc2n[nH]c(N)n2)ccc1F. The summed E-state index contributed by atoms with van der Waals surface area (Å²) in [7, 11) is 0. The molecule has 0 unspecified atom stereocenters. The van der Waals surface area contributed by atoms with Gasteiger partial charge in [-0.05, 0) is 17.7 Å². The number of anilines is 1. The summed E-state index contributed by atoms with van der Waals surface area (Å²) in [6, 6.07) is 6.21. The fraction of sp³-hybridized carbons (Fsp3) is 0.100. The molecule has 0 saturated heterocycles. The van der Waals surface area contributed by atoms with E-state index < -0.39 is 5.82 Å². The quantitative estimate of drug-likeness (QED) is 0.808. The number of H-pyrrole nitrogens is 1. The molecule has 1 heterocycles. The zero-order valence-electron chi connectivity index (χ0n) is 8.64. The summed E-state index contributed by atoms with van der Waals surface area (Å²) in [6.07, 6.45) is 0. The maximum absolute atomic E-state index is 13.1. The van der Waals surface area contributed by atoms with E-state index in [2.05, 4.69) is 15.2 Å². The molecule has 7 heteroatoms. The Labute approximate surface area is 101 Å². The Bertz CT molecular complexity index is 574. The number of nitrogens with zero attached hydrogens (tertiary/aromatic N) is 3. The van der Waals surface area contributed by atoms with Crippen LogP contribution in [-0.2, 0) is 5.75 Å². The Kier molecular flexibility index (Phi) is 3.25. The number of hydrogen-bond acceptors (Lipinski definition) is 5. The fourth-order valence-corrected chi connectivity index (χ4v) is 1.97. The number of aromatic amines is 1. The van der Waals surface area contributed by atoms with E-state index in [9.17, 15) is 4.39 Å². The molecule has 0 radical (unpaired) electrons. The summed E-state index contributed by atoms with van der Waals surface area (Å²) in [4.78, 5) is 3.92. The third-order valence-electron chi connectivity index (χ3n) is 2.00. The Morgan fingerprint density at radius 3 is 3.00 bits per heavy atom. The predicted octanol–water partition coefficient (Wildman–Crippen LogP) is 1.69. The topological polar surface area (TPSA) is 91.4 Å². The summed E-state index contributed by atoms with van der Waals surface area (Å²) >= 11 is 1.35. The molecule has 0 aliphatic rings. The van der Waals surface area contributed by atoms with Gasteiger partial charge in [-0.2, -0.15) is 10.2 Å². The van der Waals surface area contributed by atoms with Gasteiger partial charge in [-0.25, -0.2) is 9.49 Å². The number of nitriles is 1. The van der Waals surface area contributed by atoms with E-state index in [1.54, 1.807) is 12.1 Å². The van der Waals surface area contributed by atoms with E-state index in [-0.39, 0.29) is 11.5 Å². The van der Waals surface area contributed by atoms with Crippen molar-refractivity contribution in [3.05, 3.63) is 35.1 Å². The van der Waals surface area contributed by atoms with Crippen LogP contribution in [0.25, 0.3) is 0 Å². The van der Waals surface area contributed by atoms with Crippen molar-refractivity contribution in [2.75, 3.05) is 5.73 Å². The number of nitrogens with one attached hydrogen (secondary N) is 1. The van der Waals surface area contributed by atoms with Crippen LogP contribution in [0.1, 0.15) is 11.1 Å². The van der Waals surface area contributed by atoms with E-state index >= 15 is 0 Å². The molecule has 1 aromatic carbocycles. The summed E-state index contributed by atoms with van der Waals surface area (Å²) < 4.78 is 13.1. The maximum Gasteiger partial charge on any atom is 0.216 e. The van der Waals surface area contributed by atoms with Gasteiger partial charge in [-0.1, -0.05) is 17.8 Å². The second kappa shape index (κ2) is 4.84. The van der Waals surface area contributed by atoms with Crippen LogP contribution < -0.4 is 5.73 Å². The van der Waals surface area contributed by atoms with Crippen molar-refractivity contribution in [3.8, 4) is 6.07 Å². The van der Waals surface area contributed by atoms with Crippen LogP contribution in [-0.4, -0.2) is 15.2 Å². The first kappa shape index (κ1) is 11.4. The minimum absolute atomic E-state index is 0.0394. The highest BCUT2D eigenvalue weighted by atomic mass is 32.2. The summed E-state index contributed by atoms with van der Waals surface area (Å²) in [5, 5.41) is 15.6. The van der Waals surface area contributed by atoms with Crippen LogP contribution in [0.3, 0.4) is 0 Å². The van der Waals surface area contributed by atoms with Crippen molar-refractivity contribution >= 4 is 17.7 Å². The first-order valence-electron chi connectivity index (χ1n) is 4.68. The van der Waals surface area contributed by atoms with E-state index in [0.29, 0.717) is 10.9 Å². The third kappa shape index (κ3) is 2.73. The van der Waals surface area contributed by atoms with Crippen molar-refractivity contribution in [3.63, 3.8) is 0 Å². The smallest absolute Gasteiger partial charge is 0.216 e. The Hall–Kier alpha value is -2.07. The van der Waals surface area contributed by atoms with Crippen molar-refractivity contribution in [2.45, 2.75) is 10.9 Å². The second-order valence-electron chi connectivity index (χ2n) is 3.22. The van der Waals surface area contributed by atoms with Gasteiger partial charge >= 0.3 is 0 Å². The standard InChI is InChI=1S/C10H8FN5S/c11-8-2-1-6(3-7(8)4-12)5-17-10-14-9(13)15-16-10/h1-3H,5H2,(H3,13,14,15,16). The largest absolute Gasteiger partial charge is 0.368 e. The van der Waals surface area contributed by atoms with Crippen molar-refractivity contribution in [1.82, 2.24) is 15.2 Å². The molecule has 0 atom stereocenters. The molecule has 0 aliphatic carbocycles. The molecule has 0 fully saturated rings. The van der Waals surface area contributed by atoms with Crippen LogP contribution in [0.2, 0.25) is 0 Å². The van der Waals surface area contributed by atoms with Gasteiger partial charge in [0.05, 0.1) is 5.56 Å². The number of aromatic nitrogens is 3. The van der Waals surface area contributed by atoms with E-state index in [0.717, 1.165) is 5.56 Å². The molecule has 0 spiro atoms. The Morgan fingerprint density at radius 2 is 2.35 bits per heavy atom. The molecular weight excluding hydrogens is 241 g/mol. The van der Waals surface area contributed by atoms with E-state index in [1.165, 1.54) is 23.9 Å². The first-order valence-corrected chi connectivity index (χ1v) is 5.67. The second-order valence-corrected chi connectivity index (χ2v) is 4.16. The molecule has 2 rings (SSSR count). The average molecular weight is 249 g/mol. The molecule has 5 nitrogen and oxygen atoms in total. The maximum atomic E-state index is 13.1. The van der Waals surface area contributed by atoms with Gasteiger partial charge < -0.3 is 5.73 Å². The lowest BCUT2D eigenvalue weighted by atomic mass is 10.1. The lowest BCUT2D eigenvalue weighted by molar-refractivity contribution is 0.623. The molecule has 0 aliphatic heterocycles. The number of nitrogen functional groups attached to an aromatic ring is 1. The van der Waals surface area contributed by atoms with Crippen LogP contribution in [0.5, 0.6) is 0 Å². The molecule has 86 valence electrons. The fourth-order valence-electron chi connectivity index (χ4n) is 1.22. The lowest BCUT2D eigenvalue weighted by Gasteiger charge is -2.00. The van der Waals surface area contributed by atoms with Crippen LogP contribution in [0, 0.1) is 17.1 Å². The minimum atomic E-state index is -0.511. The Balaban J connectivity index is 2.07. The van der Waals surface area contributed by atoms with Gasteiger partial charge in [0.1, 0.15) is 11.9 Å². The minimum Gasteiger partial charge on any atom is -0.368 e. The molecule has 17 heavy (non-hydrogen) atoms. The average Bonchev–Trinajstić information content (AvgIpc) is 2.74.